The van der Waals surface area contributed by atoms with Crippen molar-refractivity contribution in [2.75, 3.05) is 6.61 Å². The summed E-state index contributed by atoms with van der Waals surface area (Å²) in [5.41, 5.74) is -1.51. The van der Waals surface area contributed by atoms with Gasteiger partial charge in [-0.15, -0.1) is 0 Å². The van der Waals surface area contributed by atoms with Gasteiger partial charge in [-0.05, 0) is 44.8 Å². The van der Waals surface area contributed by atoms with E-state index in [1.165, 1.54) is 0 Å². The van der Waals surface area contributed by atoms with Crippen LogP contribution in [0.15, 0.2) is 34.9 Å². The van der Waals surface area contributed by atoms with Crippen LogP contribution in [0.3, 0.4) is 0 Å². The van der Waals surface area contributed by atoms with Gasteiger partial charge in [0.05, 0.1) is 18.1 Å². The molecule has 7 heteroatoms. The van der Waals surface area contributed by atoms with Gasteiger partial charge in [-0.2, -0.15) is 0 Å². The van der Waals surface area contributed by atoms with Crippen LogP contribution in [0.4, 0.5) is 0 Å². The van der Waals surface area contributed by atoms with Gasteiger partial charge in [-0.3, -0.25) is 9.59 Å². The van der Waals surface area contributed by atoms with Crippen molar-refractivity contribution in [1.29, 1.82) is 0 Å². The maximum Gasteiger partial charge on any atom is 0.333 e. The third-order valence-electron chi connectivity index (χ3n) is 10.2. The number of ether oxygens (including phenoxy) is 2. The lowest BCUT2D eigenvalue weighted by Crippen LogP contribution is -2.63. The van der Waals surface area contributed by atoms with Crippen LogP contribution in [0.2, 0.25) is 0 Å². The lowest BCUT2D eigenvalue weighted by atomic mass is 9.59. The van der Waals surface area contributed by atoms with Crippen LogP contribution in [-0.4, -0.2) is 51.8 Å². The van der Waals surface area contributed by atoms with Crippen LogP contribution >= 0.6 is 0 Å². The second-order valence-corrected chi connectivity index (χ2v) is 12.3. The molecule has 0 spiro atoms. The summed E-state index contributed by atoms with van der Waals surface area (Å²) in [7, 11) is 0. The Morgan fingerprint density at radius 1 is 1.24 bits per heavy atom. The van der Waals surface area contributed by atoms with Crippen molar-refractivity contribution in [3.8, 4) is 0 Å². The molecule has 2 N–H and O–H groups in total. The molecule has 4 rings (SSSR count). The average Bonchev–Trinajstić information content (AvgIpc) is 3.26. The highest BCUT2D eigenvalue weighted by Gasteiger charge is 2.87. The molecular weight excluding hydrogens is 472 g/mol. The second kappa shape index (κ2) is 9.19. The predicted octanol–water partition coefficient (Wildman–Crippen LogP) is 3.93. The Bertz CT molecular complexity index is 1100. The minimum Gasteiger partial charge on any atom is -0.454 e. The van der Waals surface area contributed by atoms with E-state index in [2.05, 4.69) is 0 Å². The Hall–Kier alpha value is -2.25. The van der Waals surface area contributed by atoms with Gasteiger partial charge >= 0.3 is 11.9 Å². The number of hydrogen-bond donors (Lipinski definition) is 2. The first kappa shape index (κ1) is 27.8. The molecule has 0 aromatic heterocycles. The van der Waals surface area contributed by atoms with Crippen molar-refractivity contribution < 1.29 is 34.1 Å². The summed E-state index contributed by atoms with van der Waals surface area (Å²) in [6.45, 7) is 14.5. The lowest BCUT2D eigenvalue weighted by Gasteiger charge is -2.52. The summed E-state index contributed by atoms with van der Waals surface area (Å²) in [6, 6.07) is 0. The first-order valence-electron chi connectivity index (χ1n) is 13.6. The number of esters is 2. The van der Waals surface area contributed by atoms with E-state index in [0.29, 0.717) is 29.6 Å². The molecule has 7 nitrogen and oxygen atoms in total. The van der Waals surface area contributed by atoms with Crippen molar-refractivity contribution in [2.45, 2.75) is 85.5 Å². The van der Waals surface area contributed by atoms with E-state index in [4.69, 9.17) is 9.47 Å². The monoisotopic (exact) mass is 514 g/mol. The molecule has 0 unspecified atom stereocenters. The molecule has 2 saturated carbocycles. The maximum atomic E-state index is 13.2. The normalized spacial score (nSPS) is 40.8. The molecule has 37 heavy (non-hydrogen) atoms. The molecule has 4 aliphatic carbocycles. The molecular formula is C30H42O7. The Labute approximate surface area is 220 Å². The molecule has 204 valence electrons. The minimum absolute atomic E-state index is 0.0287. The molecule has 2 fully saturated rings. The van der Waals surface area contributed by atoms with Gasteiger partial charge in [0, 0.05) is 40.6 Å². The SMILES string of the molecule is CC=C(C)C(=O)O[C@@H]1[C@@H](C)[C@]2(O)[C@@H]3C=C(C)C(=O)[C@@H]3CC(CO)=C[C@H]2[C@@H]2C(C)(C)[C@]12OC(=O)[C@H](C)CC. The van der Waals surface area contributed by atoms with Crippen LogP contribution in [0.1, 0.15) is 68.2 Å². The van der Waals surface area contributed by atoms with Crippen molar-refractivity contribution >= 4 is 17.7 Å². The summed E-state index contributed by atoms with van der Waals surface area (Å²) in [5, 5.41) is 22.9. The molecule has 4 aliphatic rings. The molecule has 0 aliphatic heterocycles. The molecule has 0 amide bonds. The number of carbonyl (C=O) groups excluding carboxylic acids is 3. The van der Waals surface area contributed by atoms with E-state index >= 15 is 0 Å². The molecule has 0 bridgehead atoms. The van der Waals surface area contributed by atoms with Crippen molar-refractivity contribution in [3.63, 3.8) is 0 Å². The zero-order valence-electron chi connectivity index (χ0n) is 23.3. The van der Waals surface area contributed by atoms with E-state index < -0.39 is 52.4 Å². The zero-order chi connectivity index (χ0) is 27.7. The fraction of sp³-hybridized carbons (Fsp3) is 0.700. The van der Waals surface area contributed by atoms with Crippen molar-refractivity contribution in [3.05, 3.63) is 34.9 Å². The Kier molecular flexibility index (Phi) is 6.90. The first-order chi connectivity index (χ1) is 17.2. The van der Waals surface area contributed by atoms with Gasteiger partial charge in [0.25, 0.3) is 0 Å². The number of carbonyl (C=O) groups is 3. The second-order valence-electron chi connectivity index (χ2n) is 12.3. The Morgan fingerprint density at radius 2 is 1.89 bits per heavy atom. The molecule has 0 aromatic rings. The Morgan fingerprint density at radius 3 is 2.46 bits per heavy atom. The minimum atomic E-state index is -1.45. The number of ketones is 1. The summed E-state index contributed by atoms with van der Waals surface area (Å²) < 4.78 is 12.5. The number of Topliss-reactive ketones (excluding diaryl/α,β-unsaturated/α-hetero) is 1. The number of aliphatic hydroxyl groups excluding tert-OH is 1. The molecule has 0 saturated heterocycles. The van der Waals surface area contributed by atoms with E-state index in [1.807, 2.05) is 46.8 Å². The smallest absolute Gasteiger partial charge is 0.333 e. The van der Waals surface area contributed by atoms with Crippen LogP contribution in [0.25, 0.3) is 0 Å². The molecule has 0 aromatic carbocycles. The summed E-state index contributed by atoms with van der Waals surface area (Å²) in [5.74, 6) is -3.79. The standard InChI is InChI=1S/C30H42O7/c1-9-15(3)26(33)36-25-18(6)29(35)21-11-17(5)23(32)20(21)12-19(14-31)13-22(29)24-28(7,8)30(24,25)37-27(34)16(4)10-2/h9,11,13,16,18,20-22,24-25,31,35H,10,12,14H2,1-8H3/t16-,18-,20-,21-,22+,24-,25-,29+,30-/m1/s1. The van der Waals surface area contributed by atoms with Gasteiger partial charge < -0.3 is 19.7 Å². The van der Waals surface area contributed by atoms with E-state index in [1.54, 1.807) is 26.8 Å². The number of rotatable bonds is 6. The van der Waals surface area contributed by atoms with Gasteiger partial charge in [-0.1, -0.05) is 52.8 Å². The van der Waals surface area contributed by atoms with Gasteiger partial charge in [0.1, 0.15) is 6.10 Å². The third kappa shape index (κ3) is 3.71. The van der Waals surface area contributed by atoms with Crippen LogP contribution < -0.4 is 0 Å². The van der Waals surface area contributed by atoms with Crippen molar-refractivity contribution in [1.82, 2.24) is 0 Å². The topological polar surface area (TPSA) is 110 Å². The number of fused-ring (bicyclic) bond motifs is 5. The van der Waals surface area contributed by atoms with E-state index in [-0.39, 0.29) is 30.2 Å². The summed E-state index contributed by atoms with van der Waals surface area (Å²) in [4.78, 5) is 39.5. The van der Waals surface area contributed by atoms with Gasteiger partial charge in [-0.25, -0.2) is 4.79 Å². The fourth-order valence-electron chi connectivity index (χ4n) is 7.52. The maximum absolute atomic E-state index is 13.2. The highest BCUT2D eigenvalue weighted by atomic mass is 16.6. The fourth-order valence-corrected chi connectivity index (χ4v) is 7.52. The van der Waals surface area contributed by atoms with Gasteiger partial charge in [0.15, 0.2) is 11.4 Å². The number of hydrogen-bond acceptors (Lipinski definition) is 7. The summed E-state index contributed by atoms with van der Waals surface area (Å²) in [6.07, 6.45) is 5.47. The average molecular weight is 515 g/mol. The highest BCUT2D eigenvalue weighted by Crippen LogP contribution is 2.77. The number of aliphatic hydroxyl groups is 2. The highest BCUT2D eigenvalue weighted by molar-refractivity contribution is 6.00. The van der Waals surface area contributed by atoms with E-state index in [0.717, 1.165) is 0 Å². The first-order valence-corrected chi connectivity index (χ1v) is 13.6. The summed E-state index contributed by atoms with van der Waals surface area (Å²) >= 11 is 0. The third-order valence-corrected chi connectivity index (χ3v) is 10.2. The van der Waals surface area contributed by atoms with Crippen LogP contribution in [0.5, 0.6) is 0 Å². The Balaban J connectivity index is 1.92. The largest absolute Gasteiger partial charge is 0.454 e. The quantitative estimate of drug-likeness (QED) is 0.314. The van der Waals surface area contributed by atoms with Crippen LogP contribution in [-0.2, 0) is 23.9 Å². The van der Waals surface area contributed by atoms with Gasteiger partial charge in [0.2, 0.25) is 0 Å². The van der Waals surface area contributed by atoms with Crippen LogP contribution in [0, 0.1) is 40.9 Å². The lowest BCUT2D eigenvalue weighted by molar-refractivity contribution is -0.220. The molecule has 0 heterocycles. The molecule has 0 radical (unpaired) electrons. The number of allylic oxidation sites excluding steroid dienone is 2. The van der Waals surface area contributed by atoms with E-state index in [9.17, 15) is 24.6 Å². The zero-order valence-corrected chi connectivity index (χ0v) is 23.3. The molecule has 9 atom stereocenters. The predicted molar refractivity (Wildman–Crippen MR) is 138 cm³/mol. The van der Waals surface area contributed by atoms with Crippen molar-refractivity contribution in [2.24, 2.45) is 40.9 Å².